The molecule has 0 unspecified atom stereocenters. The van der Waals surface area contributed by atoms with Crippen molar-refractivity contribution < 1.29 is 4.74 Å². The summed E-state index contributed by atoms with van der Waals surface area (Å²) in [6, 6.07) is 0.822. The van der Waals surface area contributed by atoms with E-state index in [1.807, 2.05) is 0 Å². The van der Waals surface area contributed by atoms with Gasteiger partial charge in [0, 0.05) is 12.6 Å². The highest BCUT2D eigenvalue weighted by molar-refractivity contribution is 4.92. The smallest absolute Gasteiger partial charge is 0.0806 e. The standard InChI is InChI=1S/C15H27NO/c1-2-6-13(5-1)11-17-15(9-3-4-10-15)12-16-14-7-8-14/h13-14,16H,1-12H2. The van der Waals surface area contributed by atoms with Gasteiger partial charge in [0.05, 0.1) is 12.2 Å². The normalized spacial score (nSPS) is 28.9. The van der Waals surface area contributed by atoms with E-state index in [2.05, 4.69) is 5.32 Å². The zero-order valence-corrected chi connectivity index (χ0v) is 11.0. The summed E-state index contributed by atoms with van der Waals surface area (Å²) in [6.07, 6.45) is 13.8. The molecule has 0 aromatic carbocycles. The van der Waals surface area contributed by atoms with Gasteiger partial charge in [-0.15, -0.1) is 0 Å². The van der Waals surface area contributed by atoms with Crippen LogP contribution < -0.4 is 5.32 Å². The molecule has 3 aliphatic rings. The Morgan fingerprint density at radius 2 is 1.65 bits per heavy atom. The lowest BCUT2D eigenvalue weighted by atomic mass is 10.0. The Kier molecular flexibility index (Phi) is 3.72. The number of hydrogen-bond donors (Lipinski definition) is 1. The molecule has 3 aliphatic carbocycles. The monoisotopic (exact) mass is 237 g/mol. The van der Waals surface area contributed by atoms with Crippen molar-refractivity contribution in [2.24, 2.45) is 5.92 Å². The summed E-state index contributed by atoms with van der Waals surface area (Å²) in [6.45, 7) is 2.15. The van der Waals surface area contributed by atoms with E-state index in [4.69, 9.17) is 4.74 Å². The molecule has 98 valence electrons. The van der Waals surface area contributed by atoms with Crippen molar-refractivity contribution in [3.8, 4) is 0 Å². The Bertz CT molecular complexity index is 237. The van der Waals surface area contributed by atoms with E-state index in [-0.39, 0.29) is 5.60 Å². The van der Waals surface area contributed by atoms with Crippen LogP contribution in [0.15, 0.2) is 0 Å². The van der Waals surface area contributed by atoms with Crippen molar-refractivity contribution >= 4 is 0 Å². The van der Waals surface area contributed by atoms with Crippen LogP contribution in [-0.4, -0.2) is 24.8 Å². The molecular weight excluding hydrogens is 210 g/mol. The molecule has 1 N–H and O–H groups in total. The molecule has 0 aromatic rings. The highest BCUT2D eigenvalue weighted by Gasteiger charge is 2.37. The van der Waals surface area contributed by atoms with Crippen LogP contribution in [0.3, 0.4) is 0 Å². The van der Waals surface area contributed by atoms with Crippen LogP contribution in [-0.2, 0) is 4.74 Å². The van der Waals surface area contributed by atoms with Gasteiger partial charge in [0.25, 0.3) is 0 Å². The van der Waals surface area contributed by atoms with Gasteiger partial charge >= 0.3 is 0 Å². The quantitative estimate of drug-likeness (QED) is 0.765. The molecule has 2 nitrogen and oxygen atoms in total. The average molecular weight is 237 g/mol. The fraction of sp³-hybridized carbons (Fsp3) is 1.00. The lowest BCUT2D eigenvalue weighted by Gasteiger charge is -2.31. The molecule has 0 bridgehead atoms. The van der Waals surface area contributed by atoms with Crippen molar-refractivity contribution in [2.75, 3.05) is 13.2 Å². The first-order valence-electron chi connectivity index (χ1n) is 7.74. The molecule has 0 aliphatic heterocycles. The molecule has 3 rings (SSSR count). The van der Waals surface area contributed by atoms with Crippen molar-refractivity contribution in [3.05, 3.63) is 0 Å². The van der Waals surface area contributed by atoms with E-state index in [0.717, 1.165) is 25.1 Å². The van der Waals surface area contributed by atoms with Gasteiger partial charge in [-0.05, 0) is 44.4 Å². The van der Waals surface area contributed by atoms with Gasteiger partial charge in [-0.3, -0.25) is 0 Å². The Morgan fingerprint density at radius 1 is 0.941 bits per heavy atom. The molecule has 0 saturated heterocycles. The minimum Gasteiger partial charge on any atom is -0.373 e. The Hall–Kier alpha value is -0.0800. The first-order valence-corrected chi connectivity index (χ1v) is 7.74. The summed E-state index contributed by atoms with van der Waals surface area (Å²) in [7, 11) is 0. The number of hydrogen-bond acceptors (Lipinski definition) is 2. The minimum absolute atomic E-state index is 0.213. The molecule has 0 aromatic heterocycles. The number of ether oxygens (including phenoxy) is 1. The maximum Gasteiger partial charge on any atom is 0.0806 e. The van der Waals surface area contributed by atoms with Crippen molar-refractivity contribution in [3.63, 3.8) is 0 Å². The van der Waals surface area contributed by atoms with Crippen molar-refractivity contribution in [2.45, 2.75) is 75.9 Å². The van der Waals surface area contributed by atoms with Crippen molar-refractivity contribution in [1.29, 1.82) is 0 Å². The van der Waals surface area contributed by atoms with E-state index >= 15 is 0 Å². The van der Waals surface area contributed by atoms with Gasteiger partial charge in [0.1, 0.15) is 0 Å². The third-order valence-electron chi connectivity index (χ3n) is 4.91. The summed E-state index contributed by atoms with van der Waals surface area (Å²) in [4.78, 5) is 0. The fourth-order valence-electron chi connectivity index (χ4n) is 3.48. The third-order valence-corrected chi connectivity index (χ3v) is 4.91. The van der Waals surface area contributed by atoms with Crippen LogP contribution in [0.5, 0.6) is 0 Å². The predicted molar refractivity (Wildman–Crippen MR) is 70.1 cm³/mol. The Labute approximate surface area is 105 Å². The molecule has 0 spiro atoms. The summed E-state index contributed by atoms with van der Waals surface area (Å²) < 4.78 is 6.39. The molecule has 3 saturated carbocycles. The molecular formula is C15H27NO. The third kappa shape index (κ3) is 3.23. The zero-order valence-electron chi connectivity index (χ0n) is 11.0. The summed E-state index contributed by atoms with van der Waals surface area (Å²) in [5, 5.41) is 3.69. The second kappa shape index (κ2) is 5.27. The molecule has 3 fully saturated rings. The molecule has 0 atom stereocenters. The molecule has 0 heterocycles. The minimum atomic E-state index is 0.213. The molecule has 0 radical (unpaired) electrons. The average Bonchev–Trinajstić information content (AvgIpc) is 2.86. The molecule has 17 heavy (non-hydrogen) atoms. The van der Waals surface area contributed by atoms with Crippen LogP contribution in [0.4, 0.5) is 0 Å². The highest BCUT2D eigenvalue weighted by atomic mass is 16.5. The molecule has 0 amide bonds. The first-order chi connectivity index (χ1) is 8.36. The van der Waals surface area contributed by atoms with E-state index in [1.54, 1.807) is 0 Å². The second-order valence-electron chi connectivity index (χ2n) is 6.51. The van der Waals surface area contributed by atoms with E-state index < -0.39 is 0 Å². The van der Waals surface area contributed by atoms with Crippen LogP contribution in [0.1, 0.15) is 64.2 Å². The highest BCUT2D eigenvalue weighted by Crippen LogP contribution is 2.35. The van der Waals surface area contributed by atoms with Crippen LogP contribution in [0, 0.1) is 5.92 Å². The summed E-state index contributed by atoms with van der Waals surface area (Å²) in [5.74, 6) is 0.869. The maximum atomic E-state index is 6.39. The van der Waals surface area contributed by atoms with Crippen molar-refractivity contribution in [1.82, 2.24) is 5.32 Å². The molecule has 2 heteroatoms. The first kappa shape index (κ1) is 12.0. The van der Waals surface area contributed by atoms with Gasteiger partial charge in [-0.25, -0.2) is 0 Å². The van der Waals surface area contributed by atoms with Gasteiger partial charge in [-0.2, -0.15) is 0 Å². The Balaban J connectivity index is 1.47. The van der Waals surface area contributed by atoms with Gasteiger partial charge in [0.15, 0.2) is 0 Å². The zero-order chi connectivity index (χ0) is 11.6. The topological polar surface area (TPSA) is 21.3 Å². The van der Waals surface area contributed by atoms with Crippen LogP contribution in [0.25, 0.3) is 0 Å². The predicted octanol–water partition coefficient (Wildman–Crippen LogP) is 3.26. The fourth-order valence-corrected chi connectivity index (χ4v) is 3.48. The summed E-state index contributed by atoms with van der Waals surface area (Å²) >= 11 is 0. The largest absolute Gasteiger partial charge is 0.373 e. The van der Waals surface area contributed by atoms with E-state index in [9.17, 15) is 0 Å². The summed E-state index contributed by atoms with van der Waals surface area (Å²) in [5.41, 5.74) is 0.213. The Morgan fingerprint density at radius 3 is 2.29 bits per heavy atom. The SMILES string of the molecule is C1CCC(COC2(CNC3CC3)CCCC2)C1. The lowest BCUT2D eigenvalue weighted by molar-refractivity contribution is -0.0544. The van der Waals surface area contributed by atoms with Crippen LogP contribution in [0.2, 0.25) is 0 Å². The lowest BCUT2D eigenvalue weighted by Crippen LogP contribution is -2.42. The number of rotatable bonds is 6. The van der Waals surface area contributed by atoms with E-state index in [0.29, 0.717) is 0 Å². The second-order valence-corrected chi connectivity index (χ2v) is 6.51. The van der Waals surface area contributed by atoms with Gasteiger partial charge in [-0.1, -0.05) is 25.7 Å². The maximum absolute atomic E-state index is 6.39. The van der Waals surface area contributed by atoms with E-state index in [1.165, 1.54) is 64.2 Å². The van der Waals surface area contributed by atoms with Gasteiger partial charge < -0.3 is 10.1 Å². The van der Waals surface area contributed by atoms with Gasteiger partial charge in [0.2, 0.25) is 0 Å². The van der Waals surface area contributed by atoms with Crippen LogP contribution >= 0.6 is 0 Å². The number of nitrogens with one attached hydrogen (secondary N) is 1.